The minimum absolute atomic E-state index is 0.0340. The van der Waals surface area contributed by atoms with Gasteiger partial charge in [-0.1, -0.05) is 30.0 Å². The first-order chi connectivity index (χ1) is 14.7. The molecule has 1 fully saturated rings. The van der Waals surface area contributed by atoms with E-state index in [0.717, 1.165) is 35.6 Å². The van der Waals surface area contributed by atoms with Crippen LogP contribution in [0.2, 0.25) is 0 Å². The van der Waals surface area contributed by atoms with Gasteiger partial charge in [0.15, 0.2) is 0 Å². The molecule has 0 radical (unpaired) electrons. The van der Waals surface area contributed by atoms with Crippen LogP contribution in [0.5, 0.6) is 11.5 Å². The highest BCUT2D eigenvalue weighted by molar-refractivity contribution is 7.99. The second-order valence-corrected chi connectivity index (χ2v) is 7.79. The predicted molar refractivity (Wildman–Crippen MR) is 113 cm³/mol. The summed E-state index contributed by atoms with van der Waals surface area (Å²) < 4.78 is 12.6. The number of benzene rings is 2. The molecule has 1 aliphatic rings. The molecule has 0 unspecified atom stereocenters. The van der Waals surface area contributed by atoms with Crippen molar-refractivity contribution in [3.05, 3.63) is 54.1 Å². The number of hydrogen-bond acceptors (Lipinski definition) is 7. The first kappa shape index (κ1) is 20.2. The van der Waals surface area contributed by atoms with E-state index in [2.05, 4.69) is 15.5 Å². The lowest BCUT2D eigenvalue weighted by atomic mass is 10.0. The molecule has 0 aliphatic carbocycles. The van der Waals surface area contributed by atoms with E-state index in [0.29, 0.717) is 11.7 Å². The van der Waals surface area contributed by atoms with E-state index in [9.17, 15) is 4.79 Å². The Balaban J connectivity index is 1.49. The molecule has 156 valence electrons. The average molecular weight is 426 g/mol. The molecule has 9 heteroatoms. The molecule has 30 heavy (non-hydrogen) atoms. The second-order valence-electron chi connectivity index (χ2n) is 6.85. The van der Waals surface area contributed by atoms with Crippen LogP contribution in [0.25, 0.3) is 5.69 Å². The number of thioether (sulfide) groups is 1. The lowest BCUT2D eigenvalue weighted by Gasteiger charge is -2.26. The zero-order chi connectivity index (χ0) is 20.9. The topological polar surface area (TPSA) is 82.4 Å². The summed E-state index contributed by atoms with van der Waals surface area (Å²) in [5.74, 6) is 1.83. The largest absolute Gasteiger partial charge is 0.497 e. The summed E-state index contributed by atoms with van der Waals surface area (Å²) in [6.07, 6.45) is 1.84. The lowest BCUT2D eigenvalue weighted by Crippen LogP contribution is -2.32. The maximum absolute atomic E-state index is 13.1. The Morgan fingerprint density at radius 1 is 1.17 bits per heavy atom. The number of methoxy groups -OCH3 is 2. The maximum atomic E-state index is 13.1. The van der Waals surface area contributed by atoms with Gasteiger partial charge in [0, 0.05) is 12.1 Å². The maximum Gasteiger partial charge on any atom is 0.233 e. The van der Waals surface area contributed by atoms with E-state index in [-0.39, 0.29) is 17.7 Å². The molecule has 0 saturated carbocycles. The van der Waals surface area contributed by atoms with Gasteiger partial charge in [0.1, 0.15) is 11.5 Å². The summed E-state index contributed by atoms with van der Waals surface area (Å²) in [6, 6.07) is 15.3. The molecule has 2 aromatic carbocycles. The Morgan fingerprint density at radius 2 is 2.00 bits per heavy atom. The van der Waals surface area contributed by atoms with Crippen LogP contribution in [0.15, 0.2) is 53.7 Å². The number of amides is 1. The van der Waals surface area contributed by atoms with Crippen molar-refractivity contribution in [2.24, 2.45) is 0 Å². The summed E-state index contributed by atoms with van der Waals surface area (Å²) >= 11 is 1.34. The summed E-state index contributed by atoms with van der Waals surface area (Å²) in [5, 5.41) is 12.5. The number of hydrogen-bond donors (Lipinski definition) is 0. The molecule has 4 rings (SSSR count). The van der Waals surface area contributed by atoms with Crippen molar-refractivity contribution in [3.63, 3.8) is 0 Å². The zero-order valence-corrected chi connectivity index (χ0v) is 17.7. The number of carbonyl (C=O) groups excluding carboxylic acids is 1. The van der Waals surface area contributed by atoms with E-state index in [4.69, 9.17) is 9.47 Å². The van der Waals surface area contributed by atoms with Crippen molar-refractivity contribution < 1.29 is 14.3 Å². The fourth-order valence-corrected chi connectivity index (χ4v) is 4.47. The molecule has 2 heterocycles. The number of rotatable bonds is 7. The summed E-state index contributed by atoms with van der Waals surface area (Å²) in [7, 11) is 3.28. The van der Waals surface area contributed by atoms with Gasteiger partial charge in [-0.2, -0.15) is 4.68 Å². The van der Waals surface area contributed by atoms with E-state index in [1.165, 1.54) is 11.8 Å². The highest BCUT2D eigenvalue weighted by Crippen LogP contribution is 2.39. The smallest absolute Gasteiger partial charge is 0.233 e. The van der Waals surface area contributed by atoms with Crippen LogP contribution in [0.4, 0.5) is 0 Å². The lowest BCUT2D eigenvalue weighted by molar-refractivity contribution is -0.129. The molecule has 1 amide bonds. The number of likely N-dealkylation sites (tertiary alicyclic amines) is 1. The van der Waals surface area contributed by atoms with Gasteiger partial charge in [0.25, 0.3) is 0 Å². The van der Waals surface area contributed by atoms with Gasteiger partial charge in [0.05, 0.1) is 31.7 Å². The Morgan fingerprint density at radius 3 is 2.77 bits per heavy atom. The second kappa shape index (κ2) is 9.17. The third-order valence-electron chi connectivity index (χ3n) is 5.14. The van der Waals surface area contributed by atoms with Crippen molar-refractivity contribution in [2.45, 2.75) is 24.0 Å². The monoisotopic (exact) mass is 425 g/mol. The minimum Gasteiger partial charge on any atom is -0.497 e. The van der Waals surface area contributed by atoms with Crippen LogP contribution < -0.4 is 9.47 Å². The molecular weight excluding hydrogens is 402 g/mol. The molecule has 3 aromatic rings. The Bertz CT molecular complexity index is 1010. The standard InChI is InChI=1S/C21H23N5O3S/c1-28-16-10-11-19(29-2)17(13-16)18-9-6-12-25(18)20(27)14-30-21-22-23-24-26(21)15-7-4-3-5-8-15/h3-5,7-8,10-11,13,18H,6,9,12,14H2,1-2H3/t18-/m1/s1. The van der Waals surface area contributed by atoms with Crippen LogP contribution in [0, 0.1) is 0 Å². The molecule has 0 bridgehead atoms. The van der Waals surface area contributed by atoms with Crippen LogP contribution in [-0.2, 0) is 4.79 Å². The fraction of sp³-hybridized carbons (Fsp3) is 0.333. The fourth-order valence-electron chi connectivity index (χ4n) is 3.70. The van der Waals surface area contributed by atoms with Crippen molar-refractivity contribution >= 4 is 17.7 Å². The van der Waals surface area contributed by atoms with Crippen molar-refractivity contribution in [2.75, 3.05) is 26.5 Å². The third-order valence-corrected chi connectivity index (χ3v) is 6.04. The quantitative estimate of drug-likeness (QED) is 0.538. The first-order valence-electron chi connectivity index (χ1n) is 9.69. The SMILES string of the molecule is COc1ccc(OC)c([C@H]2CCCN2C(=O)CSc2nnnn2-c2ccccc2)c1. The van der Waals surface area contributed by atoms with E-state index < -0.39 is 0 Å². The molecular formula is C21H23N5O3S. The van der Waals surface area contributed by atoms with Gasteiger partial charge < -0.3 is 14.4 Å². The zero-order valence-electron chi connectivity index (χ0n) is 16.9. The number of carbonyl (C=O) groups is 1. The van der Waals surface area contributed by atoms with Gasteiger partial charge >= 0.3 is 0 Å². The number of ether oxygens (including phenoxy) is 2. The van der Waals surface area contributed by atoms with Gasteiger partial charge in [-0.15, -0.1) is 5.10 Å². The number of tetrazole rings is 1. The number of aromatic nitrogens is 4. The number of para-hydroxylation sites is 1. The molecule has 0 N–H and O–H groups in total. The van der Waals surface area contributed by atoms with Gasteiger partial charge in [0.2, 0.25) is 11.1 Å². The highest BCUT2D eigenvalue weighted by Gasteiger charge is 2.32. The van der Waals surface area contributed by atoms with E-state index in [1.54, 1.807) is 18.9 Å². The highest BCUT2D eigenvalue weighted by atomic mass is 32.2. The van der Waals surface area contributed by atoms with Crippen LogP contribution in [-0.4, -0.2) is 57.5 Å². The number of nitrogens with zero attached hydrogens (tertiary/aromatic N) is 5. The van der Waals surface area contributed by atoms with E-state index in [1.807, 2.05) is 53.4 Å². The molecule has 1 saturated heterocycles. The van der Waals surface area contributed by atoms with Gasteiger partial charge in [-0.25, -0.2) is 0 Å². The van der Waals surface area contributed by atoms with Crippen molar-refractivity contribution in [1.82, 2.24) is 25.1 Å². The Hall–Kier alpha value is -3.07. The molecule has 1 atom stereocenters. The normalized spacial score (nSPS) is 15.9. The third kappa shape index (κ3) is 4.11. The minimum atomic E-state index is -0.0340. The van der Waals surface area contributed by atoms with Crippen LogP contribution in [0.1, 0.15) is 24.4 Å². The molecule has 1 aliphatic heterocycles. The van der Waals surface area contributed by atoms with Gasteiger partial charge in [-0.3, -0.25) is 4.79 Å². The van der Waals surface area contributed by atoms with Crippen LogP contribution in [0.3, 0.4) is 0 Å². The van der Waals surface area contributed by atoms with E-state index >= 15 is 0 Å². The van der Waals surface area contributed by atoms with Crippen molar-refractivity contribution in [1.29, 1.82) is 0 Å². The van der Waals surface area contributed by atoms with Crippen molar-refractivity contribution in [3.8, 4) is 17.2 Å². The Kier molecular flexibility index (Phi) is 6.18. The van der Waals surface area contributed by atoms with Gasteiger partial charge in [-0.05, 0) is 53.6 Å². The molecule has 0 spiro atoms. The average Bonchev–Trinajstić information content (AvgIpc) is 3.47. The molecule has 1 aromatic heterocycles. The summed E-state index contributed by atoms with van der Waals surface area (Å²) in [6.45, 7) is 0.716. The Labute approximate surface area is 179 Å². The summed E-state index contributed by atoms with van der Waals surface area (Å²) in [4.78, 5) is 15.0. The summed E-state index contributed by atoms with van der Waals surface area (Å²) in [5.41, 5.74) is 1.83. The molecule has 8 nitrogen and oxygen atoms in total. The van der Waals surface area contributed by atoms with Crippen LogP contribution >= 0.6 is 11.8 Å². The predicted octanol–water partition coefficient (Wildman–Crippen LogP) is 3.14. The first-order valence-corrected chi connectivity index (χ1v) is 10.7.